The third kappa shape index (κ3) is 4.35. The van der Waals surface area contributed by atoms with Gasteiger partial charge in [0.15, 0.2) is 0 Å². The van der Waals surface area contributed by atoms with Gasteiger partial charge in [0.25, 0.3) is 0 Å². The first-order valence-electron chi connectivity index (χ1n) is 7.10. The van der Waals surface area contributed by atoms with Crippen molar-refractivity contribution in [2.45, 2.75) is 39.2 Å². The van der Waals surface area contributed by atoms with Gasteiger partial charge in [-0.3, -0.25) is 4.79 Å². The van der Waals surface area contributed by atoms with Gasteiger partial charge in [0.1, 0.15) is 5.82 Å². The summed E-state index contributed by atoms with van der Waals surface area (Å²) >= 11 is 0. The largest absolute Gasteiger partial charge is 0.378 e. The molecule has 1 aliphatic heterocycles. The van der Waals surface area contributed by atoms with E-state index in [9.17, 15) is 4.79 Å². The molecule has 0 unspecified atom stereocenters. The molecule has 19 heavy (non-hydrogen) atoms. The van der Waals surface area contributed by atoms with Crippen LogP contribution >= 0.6 is 0 Å². The summed E-state index contributed by atoms with van der Waals surface area (Å²) in [5.41, 5.74) is 0. The maximum Gasteiger partial charge on any atom is 0.222 e. The van der Waals surface area contributed by atoms with Crippen molar-refractivity contribution in [3.05, 3.63) is 18.2 Å². The number of carbonyl (C=O) groups excluding carboxylic acids is 1. The number of carbonyl (C=O) groups is 1. The minimum absolute atomic E-state index is 0.280. The molecule has 5 nitrogen and oxygen atoms in total. The second-order valence-electron chi connectivity index (χ2n) is 4.97. The highest BCUT2D eigenvalue weighted by molar-refractivity contribution is 5.76. The summed E-state index contributed by atoms with van der Waals surface area (Å²) in [5.74, 6) is 1.34. The molecule has 0 bridgehead atoms. The van der Waals surface area contributed by atoms with Gasteiger partial charge in [0.2, 0.25) is 5.91 Å². The number of aryl methyl sites for hydroxylation is 2. The number of ether oxygens (including phenoxy) is 1. The van der Waals surface area contributed by atoms with E-state index in [4.69, 9.17) is 4.74 Å². The summed E-state index contributed by atoms with van der Waals surface area (Å²) in [6.07, 6.45) is 7.68. The van der Waals surface area contributed by atoms with Gasteiger partial charge in [-0.2, -0.15) is 0 Å². The molecule has 5 heteroatoms. The van der Waals surface area contributed by atoms with Crippen molar-refractivity contribution in [1.82, 2.24) is 14.5 Å². The van der Waals surface area contributed by atoms with Gasteiger partial charge in [-0.15, -0.1) is 0 Å². The van der Waals surface area contributed by atoms with Crippen LogP contribution in [0.4, 0.5) is 0 Å². The third-order valence-electron chi connectivity index (χ3n) is 3.58. The third-order valence-corrected chi connectivity index (χ3v) is 3.58. The van der Waals surface area contributed by atoms with Gasteiger partial charge in [0.05, 0.1) is 13.2 Å². The Morgan fingerprint density at radius 1 is 1.32 bits per heavy atom. The zero-order valence-corrected chi connectivity index (χ0v) is 11.7. The van der Waals surface area contributed by atoms with Gasteiger partial charge in [-0.05, 0) is 19.8 Å². The molecule has 1 aromatic heterocycles. The lowest BCUT2D eigenvalue weighted by Gasteiger charge is -2.26. The molecule has 2 heterocycles. The molecular formula is C14H23N3O2. The van der Waals surface area contributed by atoms with Crippen LogP contribution in [0.3, 0.4) is 0 Å². The molecule has 2 rings (SSSR count). The van der Waals surface area contributed by atoms with Crippen LogP contribution < -0.4 is 0 Å². The average molecular weight is 265 g/mol. The number of rotatable bonds is 6. The quantitative estimate of drug-likeness (QED) is 0.734. The predicted octanol–water partition coefficient (Wildman–Crippen LogP) is 1.61. The fraction of sp³-hybridized carbons (Fsp3) is 0.714. The van der Waals surface area contributed by atoms with Crippen molar-refractivity contribution in [1.29, 1.82) is 0 Å². The first-order chi connectivity index (χ1) is 9.27. The second-order valence-corrected chi connectivity index (χ2v) is 4.97. The number of aromatic nitrogens is 2. The first-order valence-corrected chi connectivity index (χ1v) is 7.10. The predicted molar refractivity (Wildman–Crippen MR) is 72.8 cm³/mol. The lowest BCUT2D eigenvalue weighted by atomic mass is 10.1. The fourth-order valence-electron chi connectivity index (χ4n) is 2.35. The van der Waals surface area contributed by atoms with Crippen LogP contribution in [0.1, 0.15) is 31.5 Å². The maximum atomic E-state index is 11.9. The Kier molecular flexibility index (Phi) is 5.39. The van der Waals surface area contributed by atoms with E-state index in [1.807, 2.05) is 24.2 Å². The van der Waals surface area contributed by atoms with Crippen LogP contribution in [0.2, 0.25) is 0 Å². The summed E-state index contributed by atoms with van der Waals surface area (Å²) < 4.78 is 7.40. The molecule has 0 N–H and O–H groups in total. The lowest BCUT2D eigenvalue weighted by Crippen LogP contribution is -2.40. The van der Waals surface area contributed by atoms with Crippen molar-refractivity contribution < 1.29 is 9.53 Å². The van der Waals surface area contributed by atoms with Gasteiger partial charge in [-0.25, -0.2) is 4.98 Å². The van der Waals surface area contributed by atoms with E-state index in [0.717, 1.165) is 44.7 Å². The topological polar surface area (TPSA) is 47.4 Å². The second kappa shape index (κ2) is 7.28. The van der Waals surface area contributed by atoms with Crippen LogP contribution in [-0.4, -0.2) is 46.7 Å². The SMILES string of the molecule is Cc1nccn1CCCCCC(=O)N1CCOCC1. The van der Waals surface area contributed by atoms with Crippen molar-refractivity contribution in [2.24, 2.45) is 0 Å². The first kappa shape index (κ1) is 14.1. The molecule has 0 atom stereocenters. The van der Waals surface area contributed by atoms with E-state index >= 15 is 0 Å². The number of unbranched alkanes of at least 4 members (excludes halogenated alkanes) is 2. The van der Waals surface area contributed by atoms with Crippen molar-refractivity contribution in [3.8, 4) is 0 Å². The Hall–Kier alpha value is -1.36. The van der Waals surface area contributed by atoms with Crippen LogP contribution in [0, 0.1) is 6.92 Å². The van der Waals surface area contributed by atoms with E-state index < -0.39 is 0 Å². The standard InChI is InChI=1S/C14H23N3O2/c1-13-15-6-8-16(13)7-4-2-3-5-14(18)17-9-11-19-12-10-17/h6,8H,2-5,7,9-12H2,1H3. The van der Waals surface area contributed by atoms with Crippen LogP contribution in [0.25, 0.3) is 0 Å². The molecule has 0 saturated carbocycles. The number of morpholine rings is 1. The Morgan fingerprint density at radius 2 is 2.11 bits per heavy atom. The van der Waals surface area contributed by atoms with Crippen LogP contribution in [0.15, 0.2) is 12.4 Å². The summed E-state index contributed by atoms with van der Waals surface area (Å²) in [4.78, 5) is 18.0. The van der Waals surface area contributed by atoms with Gasteiger partial charge in [0, 0.05) is 38.4 Å². The lowest BCUT2D eigenvalue weighted by molar-refractivity contribution is -0.135. The molecule has 0 aliphatic carbocycles. The maximum absolute atomic E-state index is 11.9. The molecule has 106 valence electrons. The Bertz CT molecular complexity index is 397. The molecule has 1 amide bonds. The Balaban J connectivity index is 1.56. The van der Waals surface area contributed by atoms with Gasteiger partial charge >= 0.3 is 0 Å². The molecule has 0 aromatic carbocycles. The highest BCUT2D eigenvalue weighted by Crippen LogP contribution is 2.07. The van der Waals surface area contributed by atoms with Gasteiger partial charge in [-0.1, -0.05) is 6.42 Å². The minimum atomic E-state index is 0.280. The molecular weight excluding hydrogens is 242 g/mol. The Labute approximate surface area is 114 Å². The van der Waals surface area contributed by atoms with Crippen LogP contribution in [0.5, 0.6) is 0 Å². The summed E-state index contributed by atoms with van der Waals surface area (Å²) in [5, 5.41) is 0. The van der Waals surface area contributed by atoms with Gasteiger partial charge < -0.3 is 14.2 Å². The van der Waals surface area contributed by atoms with Crippen molar-refractivity contribution in [3.63, 3.8) is 0 Å². The number of imidazole rings is 1. The molecule has 1 fully saturated rings. The zero-order chi connectivity index (χ0) is 13.5. The van der Waals surface area contributed by atoms with Crippen molar-refractivity contribution >= 4 is 5.91 Å². The van der Waals surface area contributed by atoms with Crippen molar-refractivity contribution in [2.75, 3.05) is 26.3 Å². The summed E-state index contributed by atoms with van der Waals surface area (Å²) in [6.45, 7) is 5.90. The molecule has 0 spiro atoms. The average Bonchev–Trinajstić information content (AvgIpc) is 2.85. The molecule has 0 radical (unpaired) electrons. The highest BCUT2D eigenvalue weighted by Gasteiger charge is 2.15. The minimum Gasteiger partial charge on any atom is -0.378 e. The van der Waals surface area contributed by atoms with Crippen LogP contribution in [-0.2, 0) is 16.1 Å². The van der Waals surface area contributed by atoms with E-state index in [1.54, 1.807) is 0 Å². The van der Waals surface area contributed by atoms with E-state index in [2.05, 4.69) is 9.55 Å². The Morgan fingerprint density at radius 3 is 2.79 bits per heavy atom. The molecule has 1 aliphatic rings. The monoisotopic (exact) mass is 265 g/mol. The van der Waals surface area contributed by atoms with E-state index in [0.29, 0.717) is 19.6 Å². The summed E-state index contributed by atoms with van der Waals surface area (Å²) in [7, 11) is 0. The number of nitrogens with zero attached hydrogens (tertiary/aromatic N) is 3. The number of hydrogen-bond donors (Lipinski definition) is 0. The molecule has 1 aromatic rings. The molecule has 1 saturated heterocycles. The van der Waals surface area contributed by atoms with E-state index in [1.165, 1.54) is 0 Å². The zero-order valence-electron chi connectivity index (χ0n) is 11.7. The smallest absolute Gasteiger partial charge is 0.222 e. The highest BCUT2D eigenvalue weighted by atomic mass is 16.5. The fourth-order valence-corrected chi connectivity index (χ4v) is 2.35. The van der Waals surface area contributed by atoms with E-state index in [-0.39, 0.29) is 5.91 Å². The number of amides is 1. The summed E-state index contributed by atoms with van der Waals surface area (Å²) in [6, 6.07) is 0. The normalized spacial score (nSPS) is 15.7. The number of hydrogen-bond acceptors (Lipinski definition) is 3.